The van der Waals surface area contributed by atoms with Crippen LogP contribution < -0.4 is 10.6 Å². The summed E-state index contributed by atoms with van der Waals surface area (Å²) in [5.41, 5.74) is 7.38. The normalized spacial score (nSPS) is 21.4. The van der Waals surface area contributed by atoms with Crippen molar-refractivity contribution in [2.45, 2.75) is 26.0 Å². The van der Waals surface area contributed by atoms with E-state index in [-0.39, 0.29) is 12.1 Å². The van der Waals surface area contributed by atoms with Crippen LogP contribution in [0.5, 0.6) is 0 Å². The Balaban J connectivity index is 2.25. The van der Waals surface area contributed by atoms with Crippen molar-refractivity contribution in [1.82, 2.24) is 4.98 Å². The molecule has 1 saturated heterocycles. The van der Waals surface area contributed by atoms with Crippen molar-refractivity contribution in [1.29, 1.82) is 5.26 Å². The summed E-state index contributed by atoms with van der Waals surface area (Å²) in [6, 6.07) is 5.83. The number of hydrogen-bond acceptors (Lipinski definition) is 5. The average molecular weight is 246 g/mol. The number of rotatable bonds is 2. The first-order valence-corrected chi connectivity index (χ1v) is 6.11. The summed E-state index contributed by atoms with van der Waals surface area (Å²) in [6.07, 6.45) is -0.00685. The van der Waals surface area contributed by atoms with E-state index in [1.807, 2.05) is 26.0 Å². The van der Waals surface area contributed by atoms with Crippen molar-refractivity contribution in [3.8, 4) is 6.07 Å². The SMILES string of the molecule is Cc1ccc(C#N)c(N2CCOC(C(C)N)C2)n1. The van der Waals surface area contributed by atoms with Gasteiger partial charge < -0.3 is 15.4 Å². The molecule has 0 bridgehead atoms. The molecule has 18 heavy (non-hydrogen) atoms. The van der Waals surface area contributed by atoms with Gasteiger partial charge in [0.25, 0.3) is 0 Å². The Hall–Kier alpha value is -1.64. The second-order valence-corrected chi connectivity index (χ2v) is 4.65. The fourth-order valence-corrected chi connectivity index (χ4v) is 2.06. The molecule has 2 N–H and O–H groups in total. The molecular weight excluding hydrogens is 228 g/mol. The Morgan fingerprint density at radius 2 is 2.39 bits per heavy atom. The summed E-state index contributed by atoms with van der Waals surface area (Å²) < 4.78 is 5.62. The molecular formula is C13H18N4O. The van der Waals surface area contributed by atoms with Crippen molar-refractivity contribution < 1.29 is 4.74 Å². The summed E-state index contributed by atoms with van der Waals surface area (Å²) in [7, 11) is 0. The van der Waals surface area contributed by atoms with Crippen LogP contribution in [0, 0.1) is 18.3 Å². The fraction of sp³-hybridized carbons (Fsp3) is 0.538. The third-order valence-corrected chi connectivity index (χ3v) is 3.11. The molecule has 1 aromatic heterocycles. The van der Waals surface area contributed by atoms with E-state index < -0.39 is 0 Å². The number of ether oxygens (including phenoxy) is 1. The third kappa shape index (κ3) is 2.61. The van der Waals surface area contributed by atoms with Crippen molar-refractivity contribution in [2.24, 2.45) is 5.73 Å². The van der Waals surface area contributed by atoms with E-state index >= 15 is 0 Å². The lowest BCUT2D eigenvalue weighted by atomic mass is 10.1. The lowest BCUT2D eigenvalue weighted by molar-refractivity contribution is 0.0273. The van der Waals surface area contributed by atoms with E-state index in [2.05, 4.69) is 16.0 Å². The highest BCUT2D eigenvalue weighted by Crippen LogP contribution is 2.21. The quantitative estimate of drug-likeness (QED) is 0.836. The average Bonchev–Trinajstić information content (AvgIpc) is 2.39. The second-order valence-electron chi connectivity index (χ2n) is 4.65. The molecule has 0 spiro atoms. The van der Waals surface area contributed by atoms with Crippen LogP contribution in [0.4, 0.5) is 5.82 Å². The number of anilines is 1. The molecule has 2 atom stereocenters. The van der Waals surface area contributed by atoms with Crippen molar-refractivity contribution in [3.05, 3.63) is 23.4 Å². The van der Waals surface area contributed by atoms with Crippen molar-refractivity contribution in [2.75, 3.05) is 24.6 Å². The number of morpholine rings is 1. The van der Waals surface area contributed by atoms with Crippen LogP contribution in [-0.2, 0) is 4.74 Å². The highest BCUT2D eigenvalue weighted by molar-refractivity contribution is 5.54. The van der Waals surface area contributed by atoms with Gasteiger partial charge in [0.2, 0.25) is 0 Å². The van der Waals surface area contributed by atoms with Crippen LogP contribution in [0.15, 0.2) is 12.1 Å². The van der Waals surface area contributed by atoms with Crippen LogP contribution >= 0.6 is 0 Å². The number of nitrogens with two attached hydrogens (primary N) is 1. The van der Waals surface area contributed by atoms with Gasteiger partial charge in [0, 0.05) is 24.8 Å². The smallest absolute Gasteiger partial charge is 0.146 e. The van der Waals surface area contributed by atoms with Gasteiger partial charge in [-0.15, -0.1) is 0 Å². The summed E-state index contributed by atoms with van der Waals surface area (Å²) in [4.78, 5) is 6.55. The molecule has 5 heteroatoms. The van der Waals surface area contributed by atoms with E-state index in [0.29, 0.717) is 18.7 Å². The predicted molar refractivity (Wildman–Crippen MR) is 69.3 cm³/mol. The standard InChI is InChI=1S/C13H18N4O/c1-9-3-4-11(7-14)13(16-9)17-5-6-18-12(8-17)10(2)15/h3-4,10,12H,5-6,8,15H2,1-2H3. The maximum Gasteiger partial charge on any atom is 0.146 e. The van der Waals surface area contributed by atoms with Gasteiger partial charge in [0.15, 0.2) is 0 Å². The minimum absolute atomic E-state index is 0.00685. The highest BCUT2D eigenvalue weighted by Gasteiger charge is 2.25. The minimum atomic E-state index is -0.0249. The van der Waals surface area contributed by atoms with E-state index in [1.165, 1.54) is 0 Å². The maximum atomic E-state index is 9.14. The van der Waals surface area contributed by atoms with Crippen molar-refractivity contribution >= 4 is 5.82 Å². The first-order chi connectivity index (χ1) is 8.61. The number of nitrogens with zero attached hydrogens (tertiary/aromatic N) is 3. The molecule has 2 heterocycles. The van der Waals surface area contributed by atoms with Crippen LogP contribution in [0.2, 0.25) is 0 Å². The summed E-state index contributed by atoms with van der Waals surface area (Å²) in [5.74, 6) is 0.742. The largest absolute Gasteiger partial charge is 0.373 e. The Bertz CT molecular complexity index is 467. The zero-order valence-corrected chi connectivity index (χ0v) is 10.8. The Morgan fingerprint density at radius 3 is 3.06 bits per heavy atom. The highest BCUT2D eigenvalue weighted by atomic mass is 16.5. The maximum absolute atomic E-state index is 9.14. The van der Waals surface area contributed by atoms with Crippen molar-refractivity contribution in [3.63, 3.8) is 0 Å². The van der Waals surface area contributed by atoms with Gasteiger partial charge in [0.1, 0.15) is 11.9 Å². The van der Waals surface area contributed by atoms with Crippen LogP contribution in [-0.4, -0.2) is 36.8 Å². The molecule has 5 nitrogen and oxygen atoms in total. The Morgan fingerprint density at radius 1 is 1.61 bits per heavy atom. The molecule has 0 radical (unpaired) electrons. The summed E-state index contributed by atoms with van der Waals surface area (Å²) in [5, 5.41) is 9.14. The van der Waals surface area contributed by atoms with E-state index in [9.17, 15) is 0 Å². The van der Waals surface area contributed by atoms with Gasteiger partial charge in [-0.05, 0) is 26.0 Å². The molecule has 0 aliphatic carbocycles. The first-order valence-electron chi connectivity index (χ1n) is 6.11. The zero-order valence-electron chi connectivity index (χ0n) is 10.8. The Kier molecular flexibility index (Phi) is 3.80. The molecule has 2 rings (SSSR count). The number of pyridine rings is 1. The molecule has 1 fully saturated rings. The van der Waals surface area contributed by atoms with Gasteiger partial charge in [-0.25, -0.2) is 4.98 Å². The lowest BCUT2D eigenvalue weighted by Gasteiger charge is -2.35. The molecule has 1 aliphatic heterocycles. The molecule has 1 aliphatic rings. The zero-order chi connectivity index (χ0) is 13.1. The molecule has 2 unspecified atom stereocenters. The van der Waals surface area contributed by atoms with E-state index in [0.717, 1.165) is 18.1 Å². The molecule has 1 aromatic rings. The van der Waals surface area contributed by atoms with E-state index in [4.69, 9.17) is 15.7 Å². The van der Waals surface area contributed by atoms with Crippen LogP contribution in [0.1, 0.15) is 18.2 Å². The number of hydrogen-bond donors (Lipinski definition) is 1. The molecule has 0 amide bonds. The van der Waals surface area contributed by atoms with Gasteiger partial charge in [-0.2, -0.15) is 5.26 Å². The topological polar surface area (TPSA) is 75.2 Å². The predicted octanol–water partition coefficient (Wildman–Crippen LogP) is 0.814. The number of aryl methyl sites for hydroxylation is 1. The van der Waals surface area contributed by atoms with Gasteiger partial charge in [-0.3, -0.25) is 0 Å². The summed E-state index contributed by atoms with van der Waals surface area (Å²) in [6.45, 7) is 5.90. The first kappa shape index (κ1) is 12.8. The summed E-state index contributed by atoms with van der Waals surface area (Å²) >= 11 is 0. The van der Waals surface area contributed by atoms with Gasteiger partial charge >= 0.3 is 0 Å². The monoisotopic (exact) mass is 246 g/mol. The molecule has 96 valence electrons. The molecule has 0 saturated carbocycles. The fourth-order valence-electron chi connectivity index (χ4n) is 2.06. The number of aromatic nitrogens is 1. The molecule has 0 aromatic carbocycles. The van der Waals surface area contributed by atoms with Gasteiger partial charge in [-0.1, -0.05) is 0 Å². The third-order valence-electron chi connectivity index (χ3n) is 3.11. The minimum Gasteiger partial charge on any atom is -0.373 e. The van der Waals surface area contributed by atoms with Crippen LogP contribution in [0.3, 0.4) is 0 Å². The Labute approximate surface area is 107 Å². The van der Waals surface area contributed by atoms with Gasteiger partial charge in [0.05, 0.1) is 18.3 Å². The van der Waals surface area contributed by atoms with E-state index in [1.54, 1.807) is 0 Å². The number of nitriles is 1. The second kappa shape index (κ2) is 5.34. The van der Waals surface area contributed by atoms with Crippen LogP contribution in [0.25, 0.3) is 0 Å². The lowest BCUT2D eigenvalue weighted by Crippen LogP contribution is -2.50.